The van der Waals surface area contributed by atoms with Crippen LogP contribution in [0.1, 0.15) is 43.4 Å². The van der Waals surface area contributed by atoms with Gasteiger partial charge in [-0.1, -0.05) is 18.2 Å². The fraction of sp³-hybridized carbons (Fsp3) is 0.429. The molecule has 0 bridgehead atoms. The van der Waals surface area contributed by atoms with E-state index in [0.717, 1.165) is 43.8 Å². The molecule has 3 aliphatic heterocycles. The first-order chi connectivity index (χ1) is 12.8. The van der Waals surface area contributed by atoms with E-state index in [0.29, 0.717) is 0 Å². The Balaban J connectivity index is 1.55. The molecule has 2 aromatic rings. The van der Waals surface area contributed by atoms with Crippen LogP contribution >= 0.6 is 0 Å². The number of fused-ring (bicyclic) bond motifs is 4. The molecule has 26 heavy (non-hydrogen) atoms. The maximum atomic E-state index is 6.64. The molecule has 1 N–H and O–H groups in total. The number of hydrogen-bond donors (Lipinski definition) is 1. The largest absolute Gasteiger partial charge is 0.466 e. The number of nitrogens with zero attached hydrogens (tertiary/aromatic N) is 3. The van der Waals surface area contributed by atoms with Crippen molar-refractivity contribution >= 4 is 5.71 Å². The summed E-state index contributed by atoms with van der Waals surface area (Å²) in [7, 11) is 0. The first-order valence-electron chi connectivity index (χ1n) is 9.68. The van der Waals surface area contributed by atoms with E-state index in [-0.39, 0.29) is 11.8 Å². The van der Waals surface area contributed by atoms with Gasteiger partial charge >= 0.3 is 0 Å². The molecule has 1 atom stereocenters. The van der Waals surface area contributed by atoms with E-state index in [1.165, 1.54) is 17.7 Å². The Labute approximate surface area is 154 Å². The number of benzene rings is 1. The Morgan fingerprint density at radius 3 is 2.69 bits per heavy atom. The van der Waals surface area contributed by atoms with Crippen LogP contribution in [-0.4, -0.2) is 41.1 Å². The molecule has 1 saturated heterocycles. The van der Waals surface area contributed by atoms with Crippen molar-refractivity contribution in [2.75, 3.05) is 19.6 Å². The second kappa shape index (κ2) is 6.09. The summed E-state index contributed by atoms with van der Waals surface area (Å²) in [5.41, 5.74) is 3.27. The summed E-state index contributed by atoms with van der Waals surface area (Å²) in [6.07, 6.45) is 6.66. The predicted molar refractivity (Wildman–Crippen MR) is 100 cm³/mol. The maximum absolute atomic E-state index is 6.64. The first kappa shape index (κ1) is 15.8. The average molecular weight is 349 g/mol. The lowest BCUT2D eigenvalue weighted by atomic mass is 9.91. The lowest BCUT2D eigenvalue weighted by molar-refractivity contribution is -0.906. The van der Waals surface area contributed by atoms with Gasteiger partial charge in [0.15, 0.2) is 0 Å². The quantitative estimate of drug-likeness (QED) is 0.902. The molecule has 134 valence electrons. The Kier molecular flexibility index (Phi) is 3.71. The number of hydrogen-bond acceptors (Lipinski definition) is 4. The van der Waals surface area contributed by atoms with Gasteiger partial charge in [-0.25, -0.2) is 5.01 Å². The summed E-state index contributed by atoms with van der Waals surface area (Å²) in [5, 5.41) is 7.38. The van der Waals surface area contributed by atoms with Crippen LogP contribution in [0.25, 0.3) is 0 Å². The molecule has 5 heteroatoms. The second-order valence-corrected chi connectivity index (χ2v) is 7.54. The Bertz CT molecular complexity index is 827. The van der Waals surface area contributed by atoms with Crippen LogP contribution in [0.3, 0.4) is 0 Å². The summed E-state index contributed by atoms with van der Waals surface area (Å²) < 4.78 is 6.64. The van der Waals surface area contributed by atoms with Crippen LogP contribution in [0.4, 0.5) is 0 Å². The fourth-order valence-corrected chi connectivity index (χ4v) is 4.63. The van der Waals surface area contributed by atoms with E-state index in [1.807, 2.05) is 12.4 Å². The van der Waals surface area contributed by atoms with E-state index in [1.54, 1.807) is 4.90 Å². The lowest BCUT2D eigenvalue weighted by Crippen LogP contribution is -3.13. The van der Waals surface area contributed by atoms with Crippen molar-refractivity contribution in [1.29, 1.82) is 0 Å². The zero-order chi connectivity index (χ0) is 17.6. The molecular weight excluding hydrogens is 324 g/mol. The summed E-state index contributed by atoms with van der Waals surface area (Å²) in [5.74, 6) is 1.04. The van der Waals surface area contributed by atoms with E-state index in [2.05, 4.69) is 53.3 Å². The van der Waals surface area contributed by atoms with Crippen molar-refractivity contribution in [2.45, 2.75) is 38.0 Å². The molecule has 1 spiro atoms. The molecule has 0 amide bonds. The van der Waals surface area contributed by atoms with Crippen molar-refractivity contribution in [2.24, 2.45) is 5.10 Å². The highest BCUT2D eigenvalue weighted by Gasteiger charge is 2.52. The van der Waals surface area contributed by atoms with Crippen LogP contribution in [0, 0.1) is 0 Å². The number of ether oxygens (including phenoxy) is 1. The highest BCUT2D eigenvalue weighted by Crippen LogP contribution is 2.48. The van der Waals surface area contributed by atoms with E-state index >= 15 is 0 Å². The highest BCUT2D eigenvalue weighted by molar-refractivity contribution is 6.01. The number of likely N-dealkylation sites (tertiary alicyclic amines) is 1. The van der Waals surface area contributed by atoms with Gasteiger partial charge in [-0.3, -0.25) is 4.98 Å². The topological polar surface area (TPSA) is 42.2 Å². The van der Waals surface area contributed by atoms with E-state index in [4.69, 9.17) is 9.84 Å². The van der Waals surface area contributed by atoms with E-state index < -0.39 is 0 Å². The van der Waals surface area contributed by atoms with Gasteiger partial charge in [0.25, 0.3) is 0 Å². The van der Waals surface area contributed by atoms with Gasteiger partial charge in [0, 0.05) is 29.9 Å². The zero-order valence-corrected chi connectivity index (χ0v) is 15.2. The summed E-state index contributed by atoms with van der Waals surface area (Å²) in [6.45, 7) is 5.73. The lowest BCUT2D eigenvalue weighted by Gasteiger charge is -2.50. The number of quaternary nitrogens is 1. The van der Waals surface area contributed by atoms with Crippen molar-refractivity contribution in [3.63, 3.8) is 0 Å². The Morgan fingerprint density at radius 2 is 1.92 bits per heavy atom. The minimum absolute atomic E-state index is 0.270. The average Bonchev–Trinajstić information content (AvgIpc) is 3.16. The van der Waals surface area contributed by atoms with Crippen molar-refractivity contribution in [3.8, 4) is 5.75 Å². The monoisotopic (exact) mass is 349 g/mol. The van der Waals surface area contributed by atoms with Crippen LogP contribution in [0.15, 0.2) is 53.9 Å². The van der Waals surface area contributed by atoms with Gasteiger partial charge in [-0.15, -0.1) is 0 Å². The molecule has 3 aliphatic rings. The third-order valence-electron chi connectivity index (χ3n) is 6.16. The second-order valence-electron chi connectivity index (χ2n) is 7.54. The number of rotatable bonds is 2. The fourth-order valence-electron chi connectivity index (χ4n) is 4.63. The van der Waals surface area contributed by atoms with Crippen molar-refractivity contribution in [3.05, 3.63) is 59.9 Å². The first-order valence-corrected chi connectivity index (χ1v) is 9.68. The van der Waals surface area contributed by atoms with Gasteiger partial charge in [-0.05, 0) is 25.1 Å². The number of aromatic nitrogens is 1. The SMILES string of the molecule is CC[NH+]1CCC2(CC1)Oc1ccccc1[C@@H]1CC(c3ccncc3)=NN12. The molecule has 5 nitrogen and oxygen atoms in total. The molecule has 1 aromatic heterocycles. The normalized spacial score (nSPS) is 29.7. The molecule has 1 aromatic carbocycles. The number of pyridine rings is 1. The molecule has 0 saturated carbocycles. The van der Waals surface area contributed by atoms with Crippen molar-refractivity contribution < 1.29 is 9.64 Å². The molecule has 5 rings (SSSR count). The summed E-state index contributed by atoms with van der Waals surface area (Å²) in [6, 6.07) is 12.9. The van der Waals surface area contributed by atoms with Gasteiger partial charge in [0.05, 0.1) is 44.2 Å². The van der Waals surface area contributed by atoms with E-state index in [9.17, 15) is 0 Å². The number of piperidine rings is 1. The predicted octanol–water partition coefficient (Wildman–Crippen LogP) is 2.02. The third-order valence-corrected chi connectivity index (χ3v) is 6.16. The highest BCUT2D eigenvalue weighted by atomic mass is 16.5. The minimum Gasteiger partial charge on any atom is -0.466 e. The number of para-hydroxylation sites is 1. The molecule has 1 fully saturated rings. The van der Waals surface area contributed by atoms with Crippen LogP contribution in [-0.2, 0) is 0 Å². The molecule has 4 heterocycles. The molecule has 0 aliphatic carbocycles. The van der Waals surface area contributed by atoms with Crippen LogP contribution in [0.2, 0.25) is 0 Å². The zero-order valence-electron chi connectivity index (χ0n) is 15.2. The third kappa shape index (κ3) is 2.42. The smallest absolute Gasteiger partial charge is 0.208 e. The molecule has 0 unspecified atom stereocenters. The minimum atomic E-state index is -0.299. The summed E-state index contributed by atoms with van der Waals surface area (Å²) >= 11 is 0. The Hall–Kier alpha value is -2.40. The van der Waals surface area contributed by atoms with Crippen molar-refractivity contribution in [1.82, 2.24) is 9.99 Å². The van der Waals surface area contributed by atoms with Gasteiger partial charge < -0.3 is 9.64 Å². The summed E-state index contributed by atoms with van der Waals surface area (Å²) in [4.78, 5) is 5.81. The maximum Gasteiger partial charge on any atom is 0.208 e. The van der Waals surface area contributed by atoms with Crippen LogP contribution < -0.4 is 9.64 Å². The number of hydrazone groups is 1. The van der Waals surface area contributed by atoms with Crippen LogP contribution in [0.5, 0.6) is 5.75 Å². The van der Waals surface area contributed by atoms with Gasteiger partial charge in [0.1, 0.15) is 5.75 Å². The Morgan fingerprint density at radius 1 is 1.15 bits per heavy atom. The molecule has 0 radical (unpaired) electrons. The van der Waals surface area contributed by atoms with Gasteiger partial charge in [-0.2, -0.15) is 5.10 Å². The molecular formula is C21H25N4O+. The van der Waals surface area contributed by atoms with Gasteiger partial charge in [0.2, 0.25) is 5.72 Å². The standard InChI is InChI=1S/C21H24N4O/c1-2-24-13-9-21(10-14-24)25-19(17-5-3-4-6-20(17)26-21)15-18(23-25)16-7-11-22-12-8-16/h3-8,11-12,19H,2,9-10,13-15H2,1H3/p+1/t19-/m0/s1. The number of nitrogens with one attached hydrogen (secondary N) is 1.